The number of amides is 1. The molecule has 0 spiro atoms. The lowest BCUT2D eigenvalue weighted by Gasteiger charge is -2.35. The Kier molecular flexibility index (Phi) is 5.60. The van der Waals surface area contributed by atoms with Crippen molar-refractivity contribution in [1.82, 2.24) is 14.3 Å². The fraction of sp³-hybridized carbons (Fsp3) is 0.259. The average molecular weight is 440 g/mol. The van der Waals surface area contributed by atoms with Gasteiger partial charge in [-0.1, -0.05) is 24.3 Å². The molecule has 1 saturated heterocycles. The van der Waals surface area contributed by atoms with E-state index in [4.69, 9.17) is 4.98 Å². The van der Waals surface area contributed by atoms with E-state index >= 15 is 0 Å². The van der Waals surface area contributed by atoms with Crippen molar-refractivity contribution >= 4 is 22.9 Å². The number of hydrogen-bond acceptors (Lipinski definition) is 4. The fourth-order valence-corrected chi connectivity index (χ4v) is 4.36. The SMILES string of the molecule is Cc1ccc(C(=O)Nc2ccc(-c3cn4cccc(C)c4n3)cc2)c(N2CCN(C)CC2)c1. The molecule has 0 aliphatic carbocycles. The summed E-state index contributed by atoms with van der Waals surface area (Å²) < 4.78 is 2.04. The molecule has 1 amide bonds. The highest BCUT2D eigenvalue weighted by Crippen LogP contribution is 2.26. The number of imidazole rings is 1. The number of pyridine rings is 1. The van der Waals surface area contributed by atoms with Crippen LogP contribution in [0.4, 0.5) is 11.4 Å². The molecule has 6 heteroatoms. The molecule has 168 valence electrons. The topological polar surface area (TPSA) is 52.9 Å². The number of carbonyl (C=O) groups is 1. The first-order valence-electron chi connectivity index (χ1n) is 11.4. The molecule has 0 bridgehead atoms. The minimum atomic E-state index is -0.0833. The molecule has 4 aromatic rings. The standard InChI is InChI=1S/C27H29N5O/c1-19-6-11-23(25(17-19)31-15-13-30(3)14-16-31)27(33)28-22-9-7-21(8-10-22)24-18-32-12-4-5-20(2)26(32)29-24/h4-12,17-18H,13-16H2,1-3H3,(H,28,33). The van der Waals surface area contributed by atoms with Crippen LogP contribution in [-0.4, -0.2) is 53.4 Å². The summed E-state index contributed by atoms with van der Waals surface area (Å²) in [5.74, 6) is -0.0833. The number of fused-ring (bicyclic) bond motifs is 1. The van der Waals surface area contributed by atoms with E-state index < -0.39 is 0 Å². The molecule has 0 atom stereocenters. The second-order valence-electron chi connectivity index (χ2n) is 8.89. The zero-order valence-corrected chi connectivity index (χ0v) is 19.4. The highest BCUT2D eigenvalue weighted by molar-refractivity contribution is 6.08. The minimum Gasteiger partial charge on any atom is -0.368 e. The highest BCUT2D eigenvalue weighted by atomic mass is 16.1. The molecule has 1 aliphatic rings. The zero-order valence-electron chi connectivity index (χ0n) is 19.4. The molecular formula is C27H29N5O. The Morgan fingerprint density at radius 1 is 0.970 bits per heavy atom. The first-order chi connectivity index (χ1) is 16.0. The van der Waals surface area contributed by atoms with Gasteiger partial charge in [-0.3, -0.25) is 4.79 Å². The number of likely N-dealkylation sites (N-methyl/N-ethyl adjacent to an activating group) is 1. The van der Waals surface area contributed by atoms with E-state index in [9.17, 15) is 4.79 Å². The average Bonchev–Trinajstić information content (AvgIpc) is 3.26. The molecule has 1 fully saturated rings. The first kappa shape index (κ1) is 21.2. The number of hydrogen-bond donors (Lipinski definition) is 1. The zero-order chi connectivity index (χ0) is 22.9. The third kappa shape index (κ3) is 4.34. The van der Waals surface area contributed by atoms with Gasteiger partial charge in [0.15, 0.2) is 0 Å². The second-order valence-corrected chi connectivity index (χ2v) is 8.89. The summed E-state index contributed by atoms with van der Waals surface area (Å²) in [6.45, 7) is 7.98. The number of piperazine rings is 1. The van der Waals surface area contributed by atoms with E-state index in [0.717, 1.165) is 65.6 Å². The van der Waals surface area contributed by atoms with Crippen LogP contribution in [0.3, 0.4) is 0 Å². The summed E-state index contributed by atoms with van der Waals surface area (Å²) in [6, 6.07) is 18.0. The van der Waals surface area contributed by atoms with Gasteiger partial charge in [-0.15, -0.1) is 0 Å². The maximum Gasteiger partial charge on any atom is 0.257 e. The molecule has 6 nitrogen and oxygen atoms in total. The van der Waals surface area contributed by atoms with Gasteiger partial charge in [0.25, 0.3) is 5.91 Å². The van der Waals surface area contributed by atoms with Crippen molar-refractivity contribution in [2.75, 3.05) is 43.4 Å². The maximum atomic E-state index is 13.2. The number of aryl methyl sites for hydroxylation is 2. The van der Waals surface area contributed by atoms with Crippen LogP contribution in [0.2, 0.25) is 0 Å². The first-order valence-corrected chi connectivity index (χ1v) is 11.4. The predicted octanol–water partition coefficient (Wildman–Crippen LogP) is 4.62. The van der Waals surface area contributed by atoms with Crippen LogP contribution in [0.15, 0.2) is 67.0 Å². The molecule has 33 heavy (non-hydrogen) atoms. The Balaban J connectivity index is 1.35. The quantitative estimate of drug-likeness (QED) is 0.504. The molecule has 0 saturated carbocycles. The van der Waals surface area contributed by atoms with E-state index in [2.05, 4.69) is 48.1 Å². The largest absolute Gasteiger partial charge is 0.368 e. The van der Waals surface area contributed by atoms with Crippen LogP contribution >= 0.6 is 0 Å². The van der Waals surface area contributed by atoms with Gasteiger partial charge < -0.3 is 19.5 Å². The summed E-state index contributed by atoms with van der Waals surface area (Å²) in [7, 11) is 2.14. The number of anilines is 2. The van der Waals surface area contributed by atoms with Gasteiger partial charge in [-0.05, 0) is 62.4 Å². The minimum absolute atomic E-state index is 0.0833. The van der Waals surface area contributed by atoms with Crippen LogP contribution in [0.1, 0.15) is 21.5 Å². The lowest BCUT2D eigenvalue weighted by Crippen LogP contribution is -2.45. The van der Waals surface area contributed by atoms with Crippen molar-refractivity contribution < 1.29 is 4.79 Å². The van der Waals surface area contributed by atoms with Gasteiger partial charge in [0.2, 0.25) is 0 Å². The van der Waals surface area contributed by atoms with Crippen LogP contribution in [-0.2, 0) is 0 Å². The normalized spacial score (nSPS) is 14.6. The molecule has 2 aromatic carbocycles. The lowest BCUT2D eigenvalue weighted by molar-refractivity contribution is 0.102. The lowest BCUT2D eigenvalue weighted by atomic mass is 10.1. The number of benzene rings is 2. The smallest absolute Gasteiger partial charge is 0.257 e. The van der Waals surface area contributed by atoms with Crippen molar-refractivity contribution in [3.8, 4) is 11.3 Å². The van der Waals surface area contributed by atoms with Gasteiger partial charge in [-0.25, -0.2) is 4.98 Å². The van der Waals surface area contributed by atoms with E-state index in [1.807, 2.05) is 59.3 Å². The van der Waals surface area contributed by atoms with Crippen LogP contribution in [0, 0.1) is 13.8 Å². The number of carbonyl (C=O) groups excluding carboxylic acids is 1. The van der Waals surface area contributed by atoms with Crippen LogP contribution < -0.4 is 10.2 Å². The van der Waals surface area contributed by atoms with Gasteiger partial charge in [-0.2, -0.15) is 0 Å². The Bertz CT molecular complexity index is 1300. The van der Waals surface area contributed by atoms with Gasteiger partial charge in [0.1, 0.15) is 5.65 Å². The highest BCUT2D eigenvalue weighted by Gasteiger charge is 2.20. The maximum absolute atomic E-state index is 13.2. The third-order valence-corrected chi connectivity index (χ3v) is 6.36. The summed E-state index contributed by atoms with van der Waals surface area (Å²) in [6.07, 6.45) is 4.04. The number of rotatable bonds is 4. The molecule has 3 heterocycles. The summed E-state index contributed by atoms with van der Waals surface area (Å²) in [5.41, 5.74) is 7.69. The van der Waals surface area contributed by atoms with E-state index in [1.165, 1.54) is 0 Å². The predicted molar refractivity (Wildman–Crippen MR) is 134 cm³/mol. The molecule has 1 aliphatic heterocycles. The van der Waals surface area contributed by atoms with Gasteiger partial charge in [0, 0.05) is 55.5 Å². The molecule has 1 N–H and O–H groups in total. The number of nitrogens with zero attached hydrogens (tertiary/aromatic N) is 4. The third-order valence-electron chi connectivity index (χ3n) is 6.36. The van der Waals surface area contributed by atoms with Crippen LogP contribution in [0.25, 0.3) is 16.9 Å². The van der Waals surface area contributed by atoms with Crippen molar-refractivity contribution in [3.05, 3.63) is 83.7 Å². The Morgan fingerprint density at radius 3 is 2.45 bits per heavy atom. The molecule has 5 rings (SSSR count). The molecule has 2 aromatic heterocycles. The number of nitrogens with one attached hydrogen (secondary N) is 1. The van der Waals surface area contributed by atoms with E-state index in [0.29, 0.717) is 5.56 Å². The fourth-order valence-electron chi connectivity index (χ4n) is 4.36. The Hall–Kier alpha value is -3.64. The van der Waals surface area contributed by atoms with Crippen molar-refractivity contribution in [2.24, 2.45) is 0 Å². The van der Waals surface area contributed by atoms with E-state index in [1.54, 1.807) is 0 Å². The van der Waals surface area contributed by atoms with Crippen molar-refractivity contribution in [1.29, 1.82) is 0 Å². The Morgan fingerprint density at radius 2 is 1.73 bits per heavy atom. The van der Waals surface area contributed by atoms with Crippen molar-refractivity contribution in [3.63, 3.8) is 0 Å². The summed E-state index contributed by atoms with van der Waals surface area (Å²) in [5, 5.41) is 3.08. The number of aromatic nitrogens is 2. The monoisotopic (exact) mass is 439 g/mol. The summed E-state index contributed by atoms with van der Waals surface area (Å²) in [4.78, 5) is 22.6. The van der Waals surface area contributed by atoms with Crippen LogP contribution in [0.5, 0.6) is 0 Å². The Labute approximate surface area is 194 Å². The van der Waals surface area contributed by atoms with E-state index in [-0.39, 0.29) is 5.91 Å². The van der Waals surface area contributed by atoms with Crippen molar-refractivity contribution in [2.45, 2.75) is 13.8 Å². The summed E-state index contributed by atoms with van der Waals surface area (Å²) >= 11 is 0. The van der Waals surface area contributed by atoms with Gasteiger partial charge >= 0.3 is 0 Å². The molecule has 0 radical (unpaired) electrons. The second kappa shape index (κ2) is 8.71. The molecule has 0 unspecified atom stereocenters. The van der Waals surface area contributed by atoms with Gasteiger partial charge in [0.05, 0.1) is 11.3 Å². The molecular weight excluding hydrogens is 410 g/mol.